The second kappa shape index (κ2) is 9.38. The van der Waals surface area contributed by atoms with Gasteiger partial charge in [0.1, 0.15) is 5.75 Å². The summed E-state index contributed by atoms with van der Waals surface area (Å²) in [6.07, 6.45) is 6.71. The summed E-state index contributed by atoms with van der Waals surface area (Å²) in [6.45, 7) is 2.84. The third kappa shape index (κ3) is 4.90. The summed E-state index contributed by atoms with van der Waals surface area (Å²) >= 11 is 0. The number of hydrogen-bond donors (Lipinski definition) is 1. The Labute approximate surface area is 163 Å². The minimum absolute atomic E-state index is 0.564. The highest BCUT2D eigenvalue weighted by atomic mass is 16.5. The van der Waals surface area contributed by atoms with Crippen molar-refractivity contribution in [3.8, 4) is 5.75 Å². The smallest absolute Gasteiger partial charge is 0.118 e. The van der Waals surface area contributed by atoms with Gasteiger partial charge in [0.05, 0.1) is 12.8 Å². The van der Waals surface area contributed by atoms with Crippen LogP contribution in [0.3, 0.4) is 0 Å². The van der Waals surface area contributed by atoms with Gasteiger partial charge < -0.3 is 15.4 Å². The molecule has 1 unspecified atom stereocenters. The van der Waals surface area contributed by atoms with Crippen molar-refractivity contribution < 1.29 is 4.74 Å². The van der Waals surface area contributed by atoms with E-state index in [0.29, 0.717) is 5.92 Å². The number of benzene rings is 1. The van der Waals surface area contributed by atoms with Gasteiger partial charge in [0, 0.05) is 18.7 Å². The van der Waals surface area contributed by atoms with Crippen molar-refractivity contribution in [3.05, 3.63) is 46.8 Å². The maximum absolute atomic E-state index is 5.92. The fourth-order valence-electron chi connectivity index (χ4n) is 4.24. The molecule has 0 saturated carbocycles. The van der Waals surface area contributed by atoms with Crippen LogP contribution in [-0.2, 0) is 19.4 Å². The molecular formula is C22H34N4O. The van der Waals surface area contributed by atoms with E-state index in [9.17, 15) is 0 Å². The number of aromatic nitrogens is 2. The molecule has 2 N–H and O–H groups in total. The van der Waals surface area contributed by atoms with Crippen LogP contribution in [0.25, 0.3) is 0 Å². The first-order valence-corrected chi connectivity index (χ1v) is 10.2. The number of nitrogens with zero attached hydrogens (tertiary/aromatic N) is 3. The van der Waals surface area contributed by atoms with Crippen molar-refractivity contribution in [2.24, 2.45) is 5.73 Å². The minimum Gasteiger partial charge on any atom is -0.497 e. The lowest BCUT2D eigenvalue weighted by atomic mass is 9.82. The Morgan fingerprint density at radius 1 is 1.26 bits per heavy atom. The molecule has 0 aliphatic heterocycles. The van der Waals surface area contributed by atoms with Crippen LogP contribution in [0.1, 0.15) is 54.1 Å². The molecule has 148 valence electrons. The van der Waals surface area contributed by atoms with E-state index in [1.54, 1.807) is 7.11 Å². The summed E-state index contributed by atoms with van der Waals surface area (Å²) in [5, 5.41) is 5.09. The van der Waals surface area contributed by atoms with Crippen molar-refractivity contribution >= 4 is 0 Å². The fraction of sp³-hybridized carbons (Fsp3) is 0.591. The molecule has 0 bridgehead atoms. The highest BCUT2D eigenvalue weighted by Gasteiger charge is 2.28. The number of hydrogen-bond acceptors (Lipinski definition) is 4. The predicted molar refractivity (Wildman–Crippen MR) is 111 cm³/mol. The fourth-order valence-corrected chi connectivity index (χ4v) is 4.24. The third-order valence-corrected chi connectivity index (χ3v) is 5.57. The molecule has 1 aliphatic carbocycles. The number of nitrogens with two attached hydrogens (primary N) is 1. The lowest BCUT2D eigenvalue weighted by Crippen LogP contribution is -2.18. The average Bonchev–Trinajstić information content (AvgIpc) is 3.01. The molecule has 0 fully saturated rings. The Morgan fingerprint density at radius 3 is 2.70 bits per heavy atom. The van der Waals surface area contributed by atoms with E-state index in [4.69, 9.17) is 15.6 Å². The van der Waals surface area contributed by atoms with Crippen molar-refractivity contribution in [3.63, 3.8) is 0 Å². The number of aryl methyl sites for hydroxylation is 1. The largest absolute Gasteiger partial charge is 0.497 e. The standard InChI is InChI=1S/C22H34N4O/c1-25(2)14-5-15-26-21-7-4-6-18(12-13-23)22(21)20(24-26)16-17-8-10-19(27-3)11-9-17/h8-11,18H,4-7,12-16,23H2,1-3H3. The van der Waals surface area contributed by atoms with Crippen LogP contribution in [0.2, 0.25) is 0 Å². The second-order valence-corrected chi connectivity index (χ2v) is 7.88. The SMILES string of the molecule is COc1ccc(Cc2nn(CCCN(C)C)c3c2C(CCN)CCC3)cc1. The Bertz CT molecular complexity index is 721. The molecule has 1 aromatic carbocycles. The Hall–Kier alpha value is -1.85. The molecule has 0 amide bonds. The lowest BCUT2D eigenvalue weighted by Gasteiger charge is -2.24. The molecule has 5 nitrogen and oxygen atoms in total. The maximum atomic E-state index is 5.92. The van der Waals surface area contributed by atoms with Crippen LogP contribution < -0.4 is 10.5 Å². The van der Waals surface area contributed by atoms with Gasteiger partial charge in [-0.1, -0.05) is 12.1 Å². The Kier molecular flexibility index (Phi) is 6.91. The molecule has 5 heteroatoms. The average molecular weight is 371 g/mol. The molecule has 1 aromatic heterocycles. The molecule has 0 saturated heterocycles. The summed E-state index contributed by atoms with van der Waals surface area (Å²) in [6, 6.07) is 8.37. The molecule has 27 heavy (non-hydrogen) atoms. The van der Waals surface area contributed by atoms with Crippen molar-refractivity contribution in [2.75, 3.05) is 34.3 Å². The van der Waals surface area contributed by atoms with E-state index >= 15 is 0 Å². The van der Waals surface area contributed by atoms with Crippen molar-refractivity contribution in [1.29, 1.82) is 0 Å². The van der Waals surface area contributed by atoms with Crippen LogP contribution >= 0.6 is 0 Å². The van der Waals surface area contributed by atoms with Gasteiger partial charge in [-0.3, -0.25) is 4.68 Å². The van der Waals surface area contributed by atoms with Gasteiger partial charge in [0.2, 0.25) is 0 Å². The monoisotopic (exact) mass is 370 g/mol. The van der Waals surface area contributed by atoms with E-state index in [1.807, 2.05) is 12.1 Å². The Balaban J connectivity index is 1.87. The summed E-state index contributed by atoms with van der Waals surface area (Å²) in [7, 11) is 5.97. The minimum atomic E-state index is 0.564. The van der Waals surface area contributed by atoms with E-state index in [2.05, 4.69) is 35.8 Å². The van der Waals surface area contributed by atoms with Crippen LogP contribution in [0, 0.1) is 0 Å². The molecule has 2 aromatic rings. The molecule has 0 radical (unpaired) electrons. The molecule has 0 spiro atoms. The summed E-state index contributed by atoms with van der Waals surface area (Å²) in [5.74, 6) is 1.46. The zero-order valence-electron chi connectivity index (χ0n) is 17.1. The molecule has 1 aliphatic rings. The van der Waals surface area contributed by atoms with Gasteiger partial charge in [-0.25, -0.2) is 0 Å². The van der Waals surface area contributed by atoms with Crippen molar-refractivity contribution in [1.82, 2.24) is 14.7 Å². The van der Waals surface area contributed by atoms with Gasteiger partial charge >= 0.3 is 0 Å². The number of rotatable bonds is 9. The number of methoxy groups -OCH3 is 1. The first-order valence-electron chi connectivity index (χ1n) is 10.2. The van der Waals surface area contributed by atoms with Gasteiger partial charge in [-0.05, 0) is 88.5 Å². The zero-order valence-corrected chi connectivity index (χ0v) is 17.1. The summed E-state index contributed by atoms with van der Waals surface area (Å²) in [5.41, 5.74) is 11.4. The maximum Gasteiger partial charge on any atom is 0.118 e. The van der Waals surface area contributed by atoms with Crippen LogP contribution in [0.5, 0.6) is 5.75 Å². The molecule has 1 atom stereocenters. The van der Waals surface area contributed by atoms with Gasteiger partial charge in [0.15, 0.2) is 0 Å². The highest BCUT2D eigenvalue weighted by molar-refractivity contribution is 5.37. The van der Waals surface area contributed by atoms with Crippen LogP contribution in [-0.4, -0.2) is 49.0 Å². The van der Waals surface area contributed by atoms with Gasteiger partial charge in [-0.15, -0.1) is 0 Å². The third-order valence-electron chi connectivity index (χ3n) is 5.57. The second-order valence-electron chi connectivity index (χ2n) is 7.88. The summed E-state index contributed by atoms with van der Waals surface area (Å²) in [4.78, 5) is 2.24. The van der Waals surface area contributed by atoms with E-state index in [-0.39, 0.29) is 0 Å². The Morgan fingerprint density at radius 2 is 2.04 bits per heavy atom. The van der Waals surface area contributed by atoms with E-state index in [1.165, 1.54) is 35.4 Å². The first-order chi connectivity index (χ1) is 13.1. The molecule has 1 heterocycles. The van der Waals surface area contributed by atoms with Gasteiger partial charge in [-0.2, -0.15) is 5.10 Å². The van der Waals surface area contributed by atoms with Crippen LogP contribution in [0.4, 0.5) is 0 Å². The molecular weight excluding hydrogens is 336 g/mol. The summed E-state index contributed by atoms with van der Waals surface area (Å²) < 4.78 is 7.58. The number of fused-ring (bicyclic) bond motifs is 1. The van der Waals surface area contributed by atoms with E-state index < -0.39 is 0 Å². The zero-order chi connectivity index (χ0) is 19.2. The van der Waals surface area contributed by atoms with Crippen LogP contribution in [0.15, 0.2) is 24.3 Å². The van der Waals surface area contributed by atoms with E-state index in [0.717, 1.165) is 51.1 Å². The topological polar surface area (TPSA) is 56.3 Å². The first kappa shape index (κ1) is 19.9. The highest BCUT2D eigenvalue weighted by Crippen LogP contribution is 2.37. The molecule has 3 rings (SSSR count). The normalized spacial score (nSPS) is 16.6. The quantitative estimate of drug-likeness (QED) is 0.736. The number of ether oxygens (including phenoxy) is 1. The van der Waals surface area contributed by atoms with Crippen molar-refractivity contribution in [2.45, 2.75) is 51.0 Å². The van der Waals surface area contributed by atoms with Gasteiger partial charge in [0.25, 0.3) is 0 Å². The predicted octanol–water partition coefficient (Wildman–Crippen LogP) is 3.20. The lowest BCUT2D eigenvalue weighted by molar-refractivity contribution is 0.376.